The lowest BCUT2D eigenvalue weighted by Gasteiger charge is -2.15. The minimum Gasteiger partial charge on any atom is -0.301 e. The molecule has 0 radical (unpaired) electrons. The van der Waals surface area contributed by atoms with E-state index in [0.717, 1.165) is 24.0 Å². The van der Waals surface area contributed by atoms with Crippen molar-refractivity contribution in [3.8, 4) is 23.6 Å². The minimum atomic E-state index is -3.24. The second-order valence-corrected chi connectivity index (χ2v) is 9.49. The van der Waals surface area contributed by atoms with Gasteiger partial charge in [-0.05, 0) is 49.6 Å². The number of rotatable bonds is 6. The normalized spacial score (nSPS) is 16.0. The van der Waals surface area contributed by atoms with Crippen LogP contribution in [0.1, 0.15) is 19.8 Å². The van der Waals surface area contributed by atoms with Crippen molar-refractivity contribution in [2.45, 2.75) is 24.7 Å². The van der Waals surface area contributed by atoms with Crippen LogP contribution in [0, 0.1) is 17.8 Å². The zero-order chi connectivity index (χ0) is 20.4. The summed E-state index contributed by atoms with van der Waals surface area (Å²) < 4.78 is 23.1. The molecule has 7 heteroatoms. The lowest BCUT2D eigenvalue weighted by molar-refractivity contribution is -0.119. The molecule has 1 aliphatic rings. The fraction of sp³-hybridized carbons (Fsp3) is 0.238. The molecule has 1 N–H and O–H groups in total. The average Bonchev–Trinajstić information content (AvgIpc) is 3.34. The van der Waals surface area contributed by atoms with Gasteiger partial charge in [-0.25, -0.2) is 13.4 Å². The molecule has 1 aromatic heterocycles. The highest BCUT2D eigenvalue weighted by Crippen LogP contribution is 2.53. The van der Waals surface area contributed by atoms with Crippen LogP contribution >= 0.6 is 11.3 Å². The van der Waals surface area contributed by atoms with Gasteiger partial charge in [0.15, 0.2) is 15.0 Å². The molecule has 0 aliphatic heterocycles. The highest BCUT2D eigenvalue weighted by atomic mass is 32.2. The monoisotopic (exact) mass is 412 g/mol. The number of thiazole rings is 1. The SMILES string of the molecule is C#C/C=C\C(=C/C)C1(C(=O)Nc2nc(-c3ccc(S(C)(=O)=O)cc3)cs2)CC1. The molecule has 2 aromatic rings. The molecule has 1 heterocycles. The van der Waals surface area contributed by atoms with E-state index in [1.54, 1.807) is 30.3 Å². The summed E-state index contributed by atoms with van der Waals surface area (Å²) in [6, 6.07) is 6.53. The van der Waals surface area contributed by atoms with Crippen molar-refractivity contribution in [3.05, 3.63) is 53.4 Å². The van der Waals surface area contributed by atoms with Crippen molar-refractivity contribution in [1.29, 1.82) is 0 Å². The number of terminal acetylenes is 1. The van der Waals surface area contributed by atoms with Gasteiger partial charge in [-0.15, -0.1) is 17.8 Å². The van der Waals surface area contributed by atoms with Crippen molar-refractivity contribution < 1.29 is 13.2 Å². The molecule has 0 bridgehead atoms. The summed E-state index contributed by atoms with van der Waals surface area (Å²) in [6.45, 7) is 1.89. The number of nitrogens with one attached hydrogen (secondary N) is 1. The number of hydrogen-bond acceptors (Lipinski definition) is 5. The van der Waals surface area contributed by atoms with E-state index in [1.807, 2.05) is 24.5 Å². The van der Waals surface area contributed by atoms with E-state index in [0.29, 0.717) is 10.8 Å². The summed E-state index contributed by atoms with van der Waals surface area (Å²) >= 11 is 1.33. The van der Waals surface area contributed by atoms with Crippen LogP contribution in [0.2, 0.25) is 0 Å². The number of nitrogens with zero attached hydrogens (tertiary/aromatic N) is 1. The van der Waals surface area contributed by atoms with E-state index < -0.39 is 15.3 Å². The first kappa shape index (κ1) is 20.1. The summed E-state index contributed by atoms with van der Waals surface area (Å²) in [5.41, 5.74) is 1.85. The molecule has 0 spiro atoms. The Bertz CT molecular complexity index is 1100. The predicted molar refractivity (Wildman–Crippen MR) is 113 cm³/mol. The van der Waals surface area contributed by atoms with E-state index in [2.05, 4.69) is 16.2 Å². The smallest absolute Gasteiger partial charge is 0.236 e. The van der Waals surface area contributed by atoms with Crippen molar-refractivity contribution >= 4 is 32.2 Å². The maximum atomic E-state index is 12.8. The molecule has 1 aliphatic carbocycles. The molecule has 5 nitrogen and oxygen atoms in total. The molecule has 3 rings (SSSR count). The molecule has 0 unspecified atom stereocenters. The molecule has 1 fully saturated rings. The lowest BCUT2D eigenvalue weighted by atomic mass is 9.94. The number of carbonyl (C=O) groups excluding carboxylic acids is 1. The Kier molecular flexibility index (Phi) is 5.54. The number of hydrogen-bond donors (Lipinski definition) is 1. The Morgan fingerprint density at radius 3 is 2.54 bits per heavy atom. The van der Waals surface area contributed by atoms with Crippen LogP contribution in [-0.2, 0) is 14.6 Å². The molecule has 144 valence electrons. The number of sulfone groups is 1. The van der Waals surface area contributed by atoms with Gasteiger partial charge < -0.3 is 5.32 Å². The number of anilines is 1. The average molecular weight is 413 g/mol. The third-order valence-electron chi connectivity index (χ3n) is 4.71. The highest BCUT2D eigenvalue weighted by Gasteiger charge is 2.51. The van der Waals surface area contributed by atoms with Gasteiger partial charge in [0.1, 0.15) is 0 Å². The van der Waals surface area contributed by atoms with Crippen molar-refractivity contribution in [2.75, 3.05) is 11.6 Å². The zero-order valence-electron chi connectivity index (χ0n) is 15.6. The van der Waals surface area contributed by atoms with Crippen LogP contribution in [0.5, 0.6) is 0 Å². The first-order valence-corrected chi connectivity index (χ1v) is 11.4. The van der Waals surface area contributed by atoms with E-state index in [-0.39, 0.29) is 10.8 Å². The quantitative estimate of drug-likeness (QED) is 0.573. The van der Waals surface area contributed by atoms with Crippen LogP contribution in [0.4, 0.5) is 5.13 Å². The standard InChI is InChI=1S/C21H20N2O3S2/c1-4-6-7-16(5-2)21(12-13-21)19(24)23-20-22-18(14-27-20)15-8-10-17(11-9-15)28(3,25)26/h1,5-11,14H,12-13H2,2-3H3,(H,22,23,24)/b7-6-,16-5+. The molecule has 0 atom stereocenters. The summed E-state index contributed by atoms with van der Waals surface area (Å²) in [5, 5.41) is 5.25. The summed E-state index contributed by atoms with van der Waals surface area (Å²) in [5.74, 6) is 2.37. The third-order valence-corrected chi connectivity index (χ3v) is 6.60. The Labute approximate surface area is 169 Å². The largest absolute Gasteiger partial charge is 0.301 e. The Hall–Kier alpha value is -2.69. The van der Waals surface area contributed by atoms with Crippen LogP contribution in [0.3, 0.4) is 0 Å². The predicted octanol–water partition coefficient (Wildman–Crippen LogP) is 4.07. The van der Waals surface area contributed by atoms with Crippen molar-refractivity contribution in [1.82, 2.24) is 4.98 Å². The molecule has 1 aromatic carbocycles. The second kappa shape index (κ2) is 7.74. The van der Waals surface area contributed by atoms with Gasteiger partial charge in [0.25, 0.3) is 0 Å². The summed E-state index contributed by atoms with van der Waals surface area (Å²) in [4.78, 5) is 17.6. The van der Waals surface area contributed by atoms with Gasteiger partial charge >= 0.3 is 0 Å². The van der Waals surface area contributed by atoms with Gasteiger partial charge in [-0.2, -0.15) is 0 Å². The Morgan fingerprint density at radius 2 is 2.00 bits per heavy atom. The topological polar surface area (TPSA) is 76.1 Å². The second-order valence-electron chi connectivity index (χ2n) is 6.61. The van der Waals surface area contributed by atoms with Gasteiger partial charge in [0, 0.05) is 17.2 Å². The molecule has 0 saturated heterocycles. The van der Waals surface area contributed by atoms with Gasteiger partial charge in [-0.1, -0.05) is 24.1 Å². The fourth-order valence-corrected chi connectivity index (χ4v) is 4.34. The highest BCUT2D eigenvalue weighted by molar-refractivity contribution is 7.90. The van der Waals surface area contributed by atoms with E-state index in [9.17, 15) is 13.2 Å². The number of amides is 1. The number of carbonyl (C=O) groups is 1. The molecule has 1 amide bonds. The van der Waals surface area contributed by atoms with Crippen LogP contribution in [-0.4, -0.2) is 25.6 Å². The zero-order valence-corrected chi connectivity index (χ0v) is 17.2. The van der Waals surface area contributed by atoms with Gasteiger partial charge in [0.05, 0.1) is 16.0 Å². The Balaban J connectivity index is 1.75. The van der Waals surface area contributed by atoms with Crippen LogP contribution in [0.15, 0.2) is 58.3 Å². The van der Waals surface area contributed by atoms with Crippen LogP contribution in [0.25, 0.3) is 11.3 Å². The third kappa shape index (κ3) is 4.08. The summed E-state index contributed by atoms with van der Waals surface area (Å²) in [6.07, 6.45) is 13.3. The van der Waals surface area contributed by atoms with Crippen molar-refractivity contribution in [3.63, 3.8) is 0 Å². The van der Waals surface area contributed by atoms with E-state index in [1.165, 1.54) is 17.6 Å². The number of benzene rings is 1. The maximum Gasteiger partial charge on any atom is 0.236 e. The van der Waals surface area contributed by atoms with Gasteiger partial charge in [-0.3, -0.25) is 4.79 Å². The van der Waals surface area contributed by atoms with E-state index >= 15 is 0 Å². The fourth-order valence-electron chi connectivity index (χ4n) is 3.00. The first-order valence-electron chi connectivity index (χ1n) is 8.67. The Morgan fingerprint density at radius 1 is 1.32 bits per heavy atom. The van der Waals surface area contributed by atoms with E-state index in [4.69, 9.17) is 6.42 Å². The maximum absolute atomic E-state index is 12.8. The molecular weight excluding hydrogens is 392 g/mol. The number of allylic oxidation sites excluding steroid dienone is 3. The van der Waals surface area contributed by atoms with Crippen molar-refractivity contribution in [2.24, 2.45) is 5.41 Å². The first-order chi connectivity index (χ1) is 13.3. The van der Waals surface area contributed by atoms with Crippen LogP contribution < -0.4 is 5.32 Å². The molecular formula is C21H20N2O3S2. The minimum absolute atomic E-state index is 0.0874. The molecule has 1 saturated carbocycles. The summed E-state index contributed by atoms with van der Waals surface area (Å²) in [7, 11) is -3.24. The lowest BCUT2D eigenvalue weighted by Crippen LogP contribution is -2.25. The number of aromatic nitrogens is 1. The van der Waals surface area contributed by atoms with Gasteiger partial charge in [0.2, 0.25) is 5.91 Å². The molecule has 28 heavy (non-hydrogen) atoms.